The predicted octanol–water partition coefficient (Wildman–Crippen LogP) is 5.26. The molecule has 0 spiro atoms. The first kappa shape index (κ1) is 25.0. The quantitative estimate of drug-likeness (QED) is 0.579. The van der Waals surface area contributed by atoms with Crippen molar-refractivity contribution in [2.45, 2.75) is 71.8 Å². The number of hydrogen-bond acceptors (Lipinski definition) is 3. The first-order valence-electron chi connectivity index (χ1n) is 10.9. The lowest BCUT2D eigenvalue weighted by Crippen LogP contribution is -2.53. The van der Waals surface area contributed by atoms with Crippen LogP contribution in [0.2, 0.25) is 0 Å². The molecule has 2 rings (SSSR count). The highest BCUT2D eigenvalue weighted by atomic mass is 32.2. The zero-order valence-electron chi connectivity index (χ0n) is 19.7. The molecule has 0 saturated carbocycles. The number of thioether (sulfide) groups is 1. The fourth-order valence-corrected chi connectivity index (χ4v) is 4.24. The number of amides is 2. The summed E-state index contributed by atoms with van der Waals surface area (Å²) in [7, 11) is 0. The summed E-state index contributed by atoms with van der Waals surface area (Å²) in [6.07, 6.45) is 0.572. The van der Waals surface area contributed by atoms with Crippen LogP contribution in [0.5, 0.6) is 0 Å². The topological polar surface area (TPSA) is 49.4 Å². The van der Waals surface area contributed by atoms with Crippen molar-refractivity contribution in [2.24, 2.45) is 0 Å². The average Bonchev–Trinajstić information content (AvgIpc) is 2.69. The van der Waals surface area contributed by atoms with E-state index in [1.54, 1.807) is 16.7 Å². The van der Waals surface area contributed by atoms with Crippen LogP contribution in [0.4, 0.5) is 0 Å². The second-order valence-corrected chi connectivity index (χ2v) is 10.1. The number of carbonyl (C=O) groups is 2. The van der Waals surface area contributed by atoms with Crippen molar-refractivity contribution in [1.82, 2.24) is 10.2 Å². The molecular weight excluding hydrogens is 404 g/mol. The summed E-state index contributed by atoms with van der Waals surface area (Å²) in [5.74, 6) is 1.02. The molecule has 0 radical (unpaired) electrons. The van der Waals surface area contributed by atoms with E-state index in [4.69, 9.17) is 0 Å². The van der Waals surface area contributed by atoms with Crippen molar-refractivity contribution < 1.29 is 9.59 Å². The summed E-state index contributed by atoms with van der Waals surface area (Å²) >= 11 is 1.59. The molecule has 0 saturated heterocycles. The minimum absolute atomic E-state index is 0.00345. The Balaban J connectivity index is 2.16. The minimum atomic E-state index is -0.494. The first-order chi connectivity index (χ1) is 14.6. The molecular formula is C26H36N2O2S. The SMILES string of the molecule is CC[C@H](C(=O)NC(C)(C)C)N(Cc1ccccc1C)C(=O)CSCc1ccc(C)cc1. The molecule has 0 aliphatic carbocycles. The van der Waals surface area contributed by atoms with Crippen molar-refractivity contribution in [3.05, 3.63) is 70.8 Å². The lowest BCUT2D eigenvalue weighted by Gasteiger charge is -2.33. The van der Waals surface area contributed by atoms with E-state index in [-0.39, 0.29) is 17.4 Å². The highest BCUT2D eigenvalue weighted by molar-refractivity contribution is 7.99. The van der Waals surface area contributed by atoms with Gasteiger partial charge < -0.3 is 10.2 Å². The Morgan fingerprint density at radius 3 is 2.26 bits per heavy atom. The van der Waals surface area contributed by atoms with Crippen molar-refractivity contribution in [3.63, 3.8) is 0 Å². The Kier molecular flexibility index (Phi) is 9.17. The number of hydrogen-bond donors (Lipinski definition) is 1. The van der Waals surface area contributed by atoms with Crippen molar-refractivity contribution in [3.8, 4) is 0 Å². The monoisotopic (exact) mass is 440 g/mol. The Labute approximate surface area is 191 Å². The Morgan fingerprint density at radius 2 is 1.68 bits per heavy atom. The lowest BCUT2D eigenvalue weighted by atomic mass is 10.0. The van der Waals surface area contributed by atoms with Crippen molar-refractivity contribution in [1.29, 1.82) is 0 Å². The van der Waals surface area contributed by atoms with Crippen LogP contribution in [0.1, 0.15) is 56.4 Å². The van der Waals surface area contributed by atoms with Crippen molar-refractivity contribution in [2.75, 3.05) is 5.75 Å². The molecule has 0 aliphatic heterocycles. The highest BCUT2D eigenvalue weighted by Gasteiger charge is 2.30. The van der Waals surface area contributed by atoms with E-state index in [0.717, 1.165) is 16.9 Å². The molecule has 1 N–H and O–H groups in total. The predicted molar refractivity (Wildman–Crippen MR) is 131 cm³/mol. The van der Waals surface area contributed by atoms with E-state index < -0.39 is 6.04 Å². The van der Waals surface area contributed by atoms with Gasteiger partial charge in [0, 0.05) is 17.8 Å². The fraction of sp³-hybridized carbons (Fsp3) is 0.462. The summed E-state index contributed by atoms with van der Waals surface area (Å²) < 4.78 is 0. The van der Waals surface area contributed by atoms with Crippen molar-refractivity contribution >= 4 is 23.6 Å². The molecule has 168 valence electrons. The summed E-state index contributed by atoms with van der Waals surface area (Å²) in [6, 6.07) is 15.9. The van der Waals surface area contributed by atoms with Gasteiger partial charge in [0.05, 0.1) is 5.75 Å². The molecule has 5 heteroatoms. The highest BCUT2D eigenvalue weighted by Crippen LogP contribution is 2.19. The zero-order chi connectivity index (χ0) is 23.0. The summed E-state index contributed by atoms with van der Waals surface area (Å²) in [6.45, 7) is 12.4. The van der Waals surface area contributed by atoms with Gasteiger partial charge in [-0.2, -0.15) is 0 Å². The molecule has 2 amide bonds. The number of benzene rings is 2. The van der Waals surface area contributed by atoms with Crippen LogP contribution in [-0.2, 0) is 21.9 Å². The minimum Gasteiger partial charge on any atom is -0.350 e. The third-order valence-electron chi connectivity index (χ3n) is 5.10. The molecule has 4 nitrogen and oxygen atoms in total. The van der Waals surface area contributed by atoms with E-state index in [0.29, 0.717) is 18.7 Å². The molecule has 1 atom stereocenters. The van der Waals surface area contributed by atoms with Crippen LogP contribution in [0.25, 0.3) is 0 Å². The molecule has 0 unspecified atom stereocenters. The molecule has 2 aromatic rings. The van der Waals surface area contributed by atoms with E-state index in [1.165, 1.54) is 11.1 Å². The van der Waals surface area contributed by atoms with Gasteiger partial charge >= 0.3 is 0 Å². The molecule has 0 aliphatic rings. The molecule has 0 bridgehead atoms. The van der Waals surface area contributed by atoms with Gasteiger partial charge in [-0.05, 0) is 57.7 Å². The van der Waals surface area contributed by atoms with Crippen LogP contribution in [0.15, 0.2) is 48.5 Å². The van der Waals surface area contributed by atoms with Gasteiger partial charge in [-0.15, -0.1) is 11.8 Å². The number of nitrogens with zero attached hydrogens (tertiary/aromatic N) is 1. The third-order valence-corrected chi connectivity index (χ3v) is 6.09. The maximum absolute atomic E-state index is 13.3. The third kappa shape index (κ3) is 8.06. The Morgan fingerprint density at radius 1 is 1.03 bits per heavy atom. The lowest BCUT2D eigenvalue weighted by molar-refractivity contribution is -0.140. The van der Waals surface area contributed by atoms with Crippen LogP contribution in [-0.4, -0.2) is 34.0 Å². The standard InChI is InChI=1S/C26H36N2O2S/c1-7-23(25(30)27-26(4,5)6)28(16-22-11-9-8-10-20(22)3)24(29)18-31-17-21-14-12-19(2)13-15-21/h8-15,23H,7,16-18H2,1-6H3,(H,27,30)/t23-/m1/s1. The average molecular weight is 441 g/mol. The van der Waals surface area contributed by atoms with E-state index in [1.807, 2.05) is 58.9 Å². The summed E-state index contributed by atoms with van der Waals surface area (Å²) in [5, 5.41) is 3.05. The van der Waals surface area contributed by atoms with Gasteiger partial charge in [0.25, 0.3) is 0 Å². The Bertz CT molecular complexity index is 872. The molecule has 0 fully saturated rings. The molecule has 2 aromatic carbocycles. The molecule has 0 aromatic heterocycles. The van der Waals surface area contributed by atoms with Crippen LogP contribution >= 0.6 is 11.8 Å². The first-order valence-corrected chi connectivity index (χ1v) is 12.1. The zero-order valence-corrected chi connectivity index (χ0v) is 20.5. The number of nitrogens with one attached hydrogen (secondary N) is 1. The van der Waals surface area contributed by atoms with Gasteiger partial charge in [0.2, 0.25) is 11.8 Å². The maximum Gasteiger partial charge on any atom is 0.243 e. The van der Waals surface area contributed by atoms with E-state index in [2.05, 4.69) is 36.5 Å². The largest absolute Gasteiger partial charge is 0.350 e. The summed E-state index contributed by atoms with van der Waals surface area (Å²) in [5.41, 5.74) is 4.28. The number of aryl methyl sites for hydroxylation is 2. The number of carbonyl (C=O) groups excluding carboxylic acids is 2. The van der Waals surface area contributed by atoms with Crippen LogP contribution in [0, 0.1) is 13.8 Å². The second kappa shape index (κ2) is 11.4. The maximum atomic E-state index is 13.3. The van der Waals surface area contributed by atoms with Gasteiger partial charge in [-0.3, -0.25) is 9.59 Å². The van der Waals surface area contributed by atoms with E-state index >= 15 is 0 Å². The fourth-order valence-electron chi connectivity index (χ4n) is 3.37. The van der Waals surface area contributed by atoms with Crippen LogP contribution in [0.3, 0.4) is 0 Å². The summed E-state index contributed by atoms with van der Waals surface area (Å²) in [4.78, 5) is 28.1. The molecule has 31 heavy (non-hydrogen) atoms. The normalized spacial score (nSPS) is 12.3. The van der Waals surface area contributed by atoms with Gasteiger partial charge in [-0.1, -0.05) is 61.0 Å². The number of rotatable bonds is 9. The van der Waals surface area contributed by atoms with Gasteiger partial charge in [-0.25, -0.2) is 0 Å². The molecule has 0 heterocycles. The van der Waals surface area contributed by atoms with Gasteiger partial charge in [0.1, 0.15) is 6.04 Å². The second-order valence-electron chi connectivity index (χ2n) is 9.09. The van der Waals surface area contributed by atoms with E-state index in [9.17, 15) is 9.59 Å². The van der Waals surface area contributed by atoms with Gasteiger partial charge in [0.15, 0.2) is 0 Å². The Hall–Kier alpha value is -2.27. The smallest absolute Gasteiger partial charge is 0.243 e. The van der Waals surface area contributed by atoms with Crippen LogP contribution < -0.4 is 5.32 Å².